The Balaban J connectivity index is 1.24. The molecule has 0 saturated carbocycles. The highest BCUT2D eigenvalue weighted by atomic mass is 19.1. The molecule has 1 atom stereocenters. The van der Waals surface area contributed by atoms with Crippen molar-refractivity contribution in [3.8, 4) is 0 Å². The van der Waals surface area contributed by atoms with Crippen molar-refractivity contribution in [2.24, 2.45) is 5.41 Å². The lowest BCUT2D eigenvalue weighted by Gasteiger charge is -2.40. The molecular formula is C24H29FN4O. The summed E-state index contributed by atoms with van der Waals surface area (Å²) in [7, 11) is 0. The zero-order valence-corrected chi connectivity index (χ0v) is 17.4. The van der Waals surface area contributed by atoms with Crippen LogP contribution in [0.1, 0.15) is 30.4 Å². The predicted molar refractivity (Wildman–Crippen MR) is 119 cm³/mol. The summed E-state index contributed by atoms with van der Waals surface area (Å²) in [5, 5.41) is 9.74. The average molecular weight is 409 g/mol. The number of rotatable bonds is 3. The summed E-state index contributed by atoms with van der Waals surface area (Å²) in [4.78, 5) is 15.3. The van der Waals surface area contributed by atoms with Gasteiger partial charge >= 0.3 is 0 Å². The number of amides is 1. The first-order valence-electron chi connectivity index (χ1n) is 10.9. The third kappa shape index (κ3) is 3.54. The van der Waals surface area contributed by atoms with E-state index >= 15 is 0 Å². The van der Waals surface area contributed by atoms with Gasteiger partial charge < -0.3 is 20.9 Å². The molecular weight excluding hydrogens is 379 g/mol. The molecule has 0 aromatic heterocycles. The van der Waals surface area contributed by atoms with Gasteiger partial charge in [-0.1, -0.05) is 12.1 Å². The van der Waals surface area contributed by atoms with Gasteiger partial charge in [0.05, 0.1) is 0 Å². The minimum atomic E-state index is -0.455. The molecule has 30 heavy (non-hydrogen) atoms. The van der Waals surface area contributed by atoms with Gasteiger partial charge in [0.25, 0.3) is 0 Å². The third-order valence-corrected chi connectivity index (χ3v) is 7.14. The molecule has 158 valence electrons. The van der Waals surface area contributed by atoms with Gasteiger partial charge in [-0.25, -0.2) is 4.39 Å². The Bertz CT molecular complexity index is 929. The third-order valence-electron chi connectivity index (χ3n) is 7.14. The van der Waals surface area contributed by atoms with Crippen LogP contribution in [0.3, 0.4) is 0 Å². The van der Waals surface area contributed by atoms with Crippen LogP contribution in [0.4, 0.5) is 21.5 Å². The largest absolute Gasteiger partial charge is 0.373 e. The summed E-state index contributed by atoms with van der Waals surface area (Å²) in [5.74, 6) is -0.377. The highest BCUT2D eigenvalue weighted by Crippen LogP contribution is 2.38. The maximum Gasteiger partial charge on any atom is 0.247 e. The van der Waals surface area contributed by atoms with E-state index in [4.69, 9.17) is 0 Å². The number of nitrogens with one attached hydrogen (secondary N) is 3. The van der Waals surface area contributed by atoms with E-state index in [0.29, 0.717) is 17.4 Å². The molecule has 3 heterocycles. The number of carbonyl (C=O) groups excluding carboxylic acids is 1. The van der Waals surface area contributed by atoms with Crippen LogP contribution in [-0.2, 0) is 11.2 Å². The number of aryl methyl sites for hydroxylation is 1. The second-order valence-electron chi connectivity index (χ2n) is 9.07. The fraction of sp³-hybridized carbons (Fsp3) is 0.458. The predicted octanol–water partition coefficient (Wildman–Crippen LogP) is 3.69. The topological polar surface area (TPSA) is 56.4 Å². The van der Waals surface area contributed by atoms with Gasteiger partial charge in [0.1, 0.15) is 11.9 Å². The molecule has 2 saturated heterocycles. The van der Waals surface area contributed by atoms with Crippen LogP contribution in [0, 0.1) is 18.2 Å². The maximum absolute atomic E-state index is 14.1. The van der Waals surface area contributed by atoms with Crippen LogP contribution >= 0.6 is 0 Å². The molecule has 6 heteroatoms. The molecule has 0 radical (unpaired) electrons. The van der Waals surface area contributed by atoms with E-state index in [0.717, 1.165) is 48.8 Å². The number of nitrogens with zero attached hydrogens (tertiary/aromatic N) is 1. The van der Waals surface area contributed by atoms with E-state index in [1.165, 1.54) is 25.3 Å². The number of hydrogen-bond donors (Lipinski definition) is 3. The van der Waals surface area contributed by atoms with Gasteiger partial charge in [0, 0.05) is 48.7 Å². The number of anilines is 3. The van der Waals surface area contributed by atoms with Crippen LogP contribution in [0.2, 0.25) is 0 Å². The van der Waals surface area contributed by atoms with Crippen molar-refractivity contribution >= 4 is 23.0 Å². The number of carbonyl (C=O) groups is 1. The number of hydrogen-bond acceptors (Lipinski definition) is 4. The van der Waals surface area contributed by atoms with Gasteiger partial charge in [-0.2, -0.15) is 0 Å². The van der Waals surface area contributed by atoms with Gasteiger partial charge in [-0.05, 0) is 68.0 Å². The number of benzene rings is 2. The minimum Gasteiger partial charge on any atom is -0.373 e. The molecule has 1 unspecified atom stereocenters. The molecule has 3 N–H and O–H groups in total. The molecule has 2 aromatic carbocycles. The van der Waals surface area contributed by atoms with Gasteiger partial charge in [-0.15, -0.1) is 0 Å². The summed E-state index contributed by atoms with van der Waals surface area (Å²) in [6, 6.07) is 10.8. The highest BCUT2D eigenvalue weighted by molar-refractivity contribution is 5.98. The fourth-order valence-corrected chi connectivity index (χ4v) is 5.20. The molecule has 5 nitrogen and oxygen atoms in total. The van der Waals surface area contributed by atoms with Crippen molar-refractivity contribution in [1.82, 2.24) is 5.32 Å². The second-order valence-corrected chi connectivity index (χ2v) is 9.07. The molecule has 2 aromatic rings. The van der Waals surface area contributed by atoms with Crippen LogP contribution in [-0.4, -0.2) is 38.1 Å². The molecule has 1 amide bonds. The smallest absolute Gasteiger partial charge is 0.247 e. The average Bonchev–Trinajstić information content (AvgIpc) is 3.40. The van der Waals surface area contributed by atoms with Crippen molar-refractivity contribution in [2.45, 2.75) is 38.6 Å². The van der Waals surface area contributed by atoms with Crippen LogP contribution in [0.5, 0.6) is 0 Å². The standard InChI is InChI=1S/C24H29FN4O/c1-16-5-6-20(25)19-14-21(28-22(16)19)23(30)27-17-3-2-4-18(13-17)29-11-8-24(9-12-29)7-10-26-15-24/h2-6,13,21,26,28H,7-12,14-15H2,1H3,(H,27,30). The molecule has 0 aliphatic carbocycles. The van der Waals surface area contributed by atoms with E-state index in [-0.39, 0.29) is 11.7 Å². The number of piperidine rings is 1. The Morgan fingerprint density at radius 2 is 2.03 bits per heavy atom. The Hall–Kier alpha value is -2.60. The lowest BCUT2D eigenvalue weighted by atomic mass is 9.78. The first kappa shape index (κ1) is 19.4. The lowest BCUT2D eigenvalue weighted by molar-refractivity contribution is -0.116. The number of halogens is 1. The normalized spacial score (nSPS) is 22.1. The summed E-state index contributed by atoms with van der Waals surface area (Å²) in [6.07, 6.45) is 4.09. The monoisotopic (exact) mass is 408 g/mol. The van der Waals surface area contributed by atoms with Gasteiger partial charge in [0.15, 0.2) is 0 Å². The van der Waals surface area contributed by atoms with Crippen molar-refractivity contribution in [2.75, 3.05) is 41.7 Å². The molecule has 0 bridgehead atoms. The van der Waals surface area contributed by atoms with Gasteiger partial charge in [0.2, 0.25) is 5.91 Å². The SMILES string of the molecule is Cc1ccc(F)c2c1NC(C(=O)Nc1cccc(N3CCC4(CCNC4)CC3)c1)C2. The lowest BCUT2D eigenvalue weighted by Crippen LogP contribution is -2.41. The van der Waals surface area contributed by atoms with Crippen LogP contribution < -0.4 is 20.9 Å². The Morgan fingerprint density at radius 1 is 1.20 bits per heavy atom. The van der Waals surface area contributed by atoms with Crippen molar-refractivity contribution < 1.29 is 9.18 Å². The highest BCUT2D eigenvalue weighted by Gasteiger charge is 2.37. The van der Waals surface area contributed by atoms with E-state index < -0.39 is 6.04 Å². The maximum atomic E-state index is 14.1. The zero-order valence-electron chi connectivity index (χ0n) is 17.4. The quantitative estimate of drug-likeness (QED) is 0.725. The van der Waals surface area contributed by atoms with E-state index in [2.05, 4.69) is 33.0 Å². The van der Waals surface area contributed by atoms with Crippen molar-refractivity contribution in [3.05, 3.63) is 53.3 Å². The summed E-state index contributed by atoms with van der Waals surface area (Å²) < 4.78 is 14.1. The van der Waals surface area contributed by atoms with Crippen LogP contribution in [0.25, 0.3) is 0 Å². The summed E-state index contributed by atoms with van der Waals surface area (Å²) in [5.41, 5.74) is 4.75. The van der Waals surface area contributed by atoms with Crippen LogP contribution in [0.15, 0.2) is 36.4 Å². The summed E-state index contributed by atoms with van der Waals surface area (Å²) >= 11 is 0. The van der Waals surface area contributed by atoms with E-state index in [1.807, 2.05) is 19.1 Å². The second kappa shape index (κ2) is 7.58. The Morgan fingerprint density at radius 3 is 2.77 bits per heavy atom. The van der Waals surface area contributed by atoms with Crippen molar-refractivity contribution in [1.29, 1.82) is 0 Å². The molecule has 5 rings (SSSR count). The minimum absolute atomic E-state index is 0.128. The first-order valence-corrected chi connectivity index (χ1v) is 10.9. The zero-order chi connectivity index (χ0) is 20.7. The van der Waals surface area contributed by atoms with E-state index in [1.54, 1.807) is 6.07 Å². The Kier molecular flexibility index (Phi) is 4.89. The molecule has 3 aliphatic rings. The van der Waals surface area contributed by atoms with Crippen molar-refractivity contribution in [3.63, 3.8) is 0 Å². The molecule has 3 aliphatic heterocycles. The first-order chi connectivity index (χ1) is 14.5. The van der Waals surface area contributed by atoms with Gasteiger partial charge in [-0.3, -0.25) is 4.79 Å². The van der Waals surface area contributed by atoms with E-state index in [9.17, 15) is 9.18 Å². The molecule has 2 fully saturated rings. The summed E-state index contributed by atoms with van der Waals surface area (Å²) in [6.45, 7) is 6.32. The fourth-order valence-electron chi connectivity index (χ4n) is 5.20. The Labute approximate surface area is 177 Å². The molecule has 1 spiro atoms. The number of fused-ring (bicyclic) bond motifs is 1.